The van der Waals surface area contributed by atoms with Gasteiger partial charge in [-0.25, -0.2) is 9.59 Å². The number of imide groups is 1. The molecule has 0 bridgehead atoms. The summed E-state index contributed by atoms with van der Waals surface area (Å²) < 4.78 is 39.2. The summed E-state index contributed by atoms with van der Waals surface area (Å²) >= 11 is 0. The smallest absolute Gasteiger partial charge is 0.389 e. The summed E-state index contributed by atoms with van der Waals surface area (Å²) in [5.74, 6) is -2.06. The molecule has 0 aromatic carbocycles. The van der Waals surface area contributed by atoms with Gasteiger partial charge >= 0.3 is 17.9 Å². The summed E-state index contributed by atoms with van der Waals surface area (Å²) in [7, 11) is 0. The predicted octanol–water partition coefficient (Wildman–Crippen LogP) is 1.29. The number of primary amides is 1. The lowest BCUT2D eigenvalue weighted by Crippen LogP contribution is -2.46. The number of halogens is 3. The molecular formula is C21H29F3N6O5. The van der Waals surface area contributed by atoms with Crippen molar-refractivity contribution in [2.45, 2.75) is 70.6 Å². The molecule has 0 radical (unpaired) electrons. The van der Waals surface area contributed by atoms with E-state index in [9.17, 15) is 37.5 Å². The molecule has 2 fully saturated rings. The Morgan fingerprint density at radius 3 is 2.31 bits per heavy atom. The lowest BCUT2D eigenvalue weighted by molar-refractivity contribution is -0.136. The Bertz CT molecular complexity index is 1150. The molecule has 35 heavy (non-hydrogen) atoms. The summed E-state index contributed by atoms with van der Waals surface area (Å²) in [6.07, 6.45) is -3.73. The highest BCUT2D eigenvalue weighted by atomic mass is 19.4. The van der Waals surface area contributed by atoms with E-state index in [0.717, 1.165) is 4.57 Å². The summed E-state index contributed by atoms with van der Waals surface area (Å²) in [6, 6.07) is -1.53. The number of amidine groups is 1. The average Bonchev–Trinajstić information content (AvgIpc) is 3.42. The van der Waals surface area contributed by atoms with Crippen molar-refractivity contribution < 1.29 is 27.9 Å². The van der Waals surface area contributed by atoms with Crippen molar-refractivity contribution in [2.24, 2.45) is 28.7 Å². The number of aromatic hydroxyl groups is 1. The van der Waals surface area contributed by atoms with Crippen LogP contribution in [0.1, 0.15) is 63.5 Å². The van der Waals surface area contributed by atoms with Crippen LogP contribution in [-0.4, -0.2) is 38.2 Å². The van der Waals surface area contributed by atoms with Crippen LogP contribution in [0, 0.1) is 22.7 Å². The van der Waals surface area contributed by atoms with Crippen molar-refractivity contribution in [3.63, 3.8) is 0 Å². The third-order valence-electron chi connectivity index (χ3n) is 7.19. The zero-order valence-electron chi connectivity index (χ0n) is 19.2. The second kappa shape index (κ2) is 9.38. The quantitative estimate of drug-likeness (QED) is 0.276. The molecule has 14 heteroatoms. The lowest BCUT2D eigenvalue weighted by Gasteiger charge is -2.31. The zero-order chi connectivity index (χ0) is 26.3. The molecule has 2 aliphatic carbocycles. The van der Waals surface area contributed by atoms with Gasteiger partial charge in [0.25, 0.3) is 5.56 Å². The lowest BCUT2D eigenvalue weighted by atomic mass is 9.80. The van der Waals surface area contributed by atoms with E-state index in [1.807, 2.05) is 0 Å². The van der Waals surface area contributed by atoms with Crippen LogP contribution in [0.3, 0.4) is 0 Å². The number of nitrogens with one attached hydrogen (secondary N) is 2. The Hall–Kier alpha value is -3.32. The molecule has 0 aliphatic heterocycles. The van der Waals surface area contributed by atoms with Crippen molar-refractivity contribution in [3.8, 4) is 5.88 Å². The standard InChI is InChI=1S/C21H29F3N6O5/c1-20(17(33)28-18(27)34)9-12(20)10-3-5-11(6-4-10)30-16(32)13(14(25)26)15(31)29(19(30)35)8-2-7-21(22,23)24/h10-12,31H,2-9H2,1H3,(H3,25,26)(H3,27,28,33,34)/t10?,11?,12?,20-/m0/s1. The van der Waals surface area contributed by atoms with Crippen molar-refractivity contribution in [1.29, 1.82) is 5.41 Å². The molecule has 0 spiro atoms. The van der Waals surface area contributed by atoms with E-state index in [-0.39, 0.29) is 11.8 Å². The molecule has 2 atom stereocenters. The maximum absolute atomic E-state index is 13.0. The number of nitrogen functional groups attached to an aromatic ring is 1. The minimum atomic E-state index is -4.46. The number of amides is 3. The van der Waals surface area contributed by atoms with Crippen LogP contribution >= 0.6 is 0 Å². The van der Waals surface area contributed by atoms with E-state index in [1.165, 1.54) is 0 Å². The number of nitrogens with zero attached hydrogens (tertiary/aromatic N) is 2. The van der Waals surface area contributed by atoms with Gasteiger partial charge in [0.15, 0.2) is 0 Å². The zero-order valence-corrected chi connectivity index (χ0v) is 19.2. The van der Waals surface area contributed by atoms with Gasteiger partial charge in [-0.3, -0.25) is 29.4 Å². The highest BCUT2D eigenvalue weighted by Gasteiger charge is 2.59. The first-order valence-corrected chi connectivity index (χ1v) is 11.3. The topological polar surface area (TPSA) is 186 Å². The van der Waals surface area contributed by atoms with Crippen molar-refractivity contribution in [1.82, 2.24) is 14.5 Å². The average molecular weight is 502 g/mol. The fraction of sp³-hybridized carbons (Fsp3) is 0.667. The highest BCUT2D eigenvalue weighted by Crippen LogP contribution is 2.59. The molecule has 1 heterocycles. The van der Waals surface area contributed by atoms with Gasteiger partial charge in [0, 0.05) is 19.0 Å². The third kappa shape index (κ3) is 5.35. The maximum Gasteiger partial charge on any atom is 0.389 e. The molecule has 1 aromatic rings. The van der Waals surface area contributed by atoms with Gasteiger partial charge in [0.1, 0.15) is 11.4 Å². The van der Waals surface area contributed by atoms with Gasteiger partial charge in [0.2, 0.25) is 11.8 Å². The Morgan fingerprint density at radius 2 is 1.80 bits per heavy atom. The number of carbonyl (C=O) groups excluding carboxylic acids is 2. The molecule has 194 valence electrons. The fourth-order valence-corrected chi connectivity index (χ4v) is 5.22. The SMILES string of the molecule is C[C@]1(C(=O)NC(N)=O)CC1C1CCC(n2c(=O)c(C(=N)N)c(O)n(CCCC(F)(F)F)c2=O)CC1. The molecule has 7 N–H and O–H groups in total. The molecule has 3 amide bonds. The monoisotopic (exact) mass is 502 g/mol. The van der Waals surface area contributed by atoms with Crippen molar-refractivity contribution >= 4 is 17.8 Å². The number of rotatable bonds is 7. The number of urea groups is 1. The van der Waals surface area contributed by atoms with Crippen molar-refractivity contribution in [2.75, 3.05) is 0 Å². The second-order valence-corrected chi connectivity index (χ2v) is 9.56. The number of alkyl halides is 3. The van der Waals surface area contributed by atoms with E-state index in [1.54, 1.807) is 6.92 Å². The molecule has 1 unspecified atom stereocenters. The first-order chi connectivity index (χ1) is 16.2. The largest absolute Gasteiger partial charge is 0.494 e. The Kier molecular flexibility index (Phi) is 7.04. The summed E-state index contributed by atoms with van der Waals surface area (Å²) in [4.78, 5) is 49.2. The number of carbonyl (C=O) groups is 2. The molecule has 11 nitrogen and oxygen atoms in total. The molecule has 2 saturated carbocycles. The van der Waals surface area contributed by atoms with Gasteiger partial charge < -0.3 is 16.6 Å². The van der Waals surface area contributed by atoms with E-state index >= 15 is 0 Å². The predicted molar refractivity (Wildman–Crippen MR) is 118 cm³/mol. The van der Waals surface area contributed by atoms with E-state index in [2.05, 4.69) is 5.32 Å². The van der Waals surface area contributed by atoms with Crippen LogP contribution in [-0.2, 0) is 11.3 Å². The Balaban J connectivity index is 1.81. The number of hydrogen-bond donors (Lipinski definition) is 5. The first kappa shape index (κ1) is 26.3. The van der Waals surface area contributed by atoms with Crippen LogP contribution in [0.4, 0.5) is 18.0 Å². The van der Waals surface area contributed by atoms with Gasteiger partial charge in [-0.15, -0.1) is 0 Å². The molecular weight excluding hydrogens is 473 g/mol. The van der Waals surface area contributed by atoms with E-state index in [4.69, 9.17) is 16.9 Å². The van der Waals surface area contributed by atoms with Gasteiger partial charge in [-0.2, -0.15) is 13.2 Å². The van der Waals surface area contributed by atoms with E-state index in [0.29, 0.717) is 36.7 Å². The van der Waals surface area contributed by atoms with Crippen LogP contribution in [0.25, 0.3) is 0 Å². The van der Waals surface area contributed by atoms with Crippen LogP contribution in [0.15, 0.2) is 9.59 Å². The van der Waals surface area contributed by atoms with Crippen LogP contribution < -0.4 is 28.0 Å². The Labute approximate surface area is 197 Å². The molecule has 2 aliphatic rings. The number of hydrogen-bond acceptors (Lipinski definition) is 6. The van der Waals surface area contributed by atoms with Gasteiger partial charge in [-0.05, 0) is 50.4 Å². The maximum atomic E-state index is 13.0. The minimum Gasteiger partial charge on any atom is -0.494 e. The number of aromatic nitrogens is 2. The third-order valence-corrected chi connectivity index (χ3v) is 7.19. The number of nitrogens with two attached hydrogens (primary N) is 2. The Morgan fingerprint density at radius 1 is 1.20 bits per heavy atom. The molecule has 3 rings (SSSR count). The summed E-state index contributed by atoms with van der Waals surface area (Å²) in [5.41, 5.74) is 7.19. The van der Waals surface area contributed by atoms with Crippen molar-refractivity contribution in [3.05, 3.63) is 26.4 Å². The highest BCUT2D eigenvalue weighted by molar-refractivity contribution is 5.98. The summed E-state index contributed by atoms with van der Waals surface area (Å²) in [5, 5.41) is 20.1. The van der Waals surface area contributed by atoms with Crippen LogP contribution in [0.5, 0.6) is 5.88 Å². The first-order valence-electron chi connectivity index (χ1n) is 11.3. The van der Waals surface area contributed by atoms with Gasteiger partial charge in [0.05, 0.1) is 5.41 Å². The van der Waals surface area contributed by atoms with E-state index < -0.39 is 77.5 Å². The summed E-state index contributed by atoms with van der Waals surface area (Å²) in [6.45, 7) is 1.24. The molecule has 0 saturated heterocycles. The van der Waals surface area contributed by atoms with Gasteiger partial charge in [-0.1, -0.05) is 6.92 Å². The molecule has 1 aromatic heterocycles. The second-order valence-electron chi connectivity index (χ2n) is 9.56. The minimum absolute atomic E-state index is 0.00569. The normalized spacial score (nSPS) is 26.2. The fourth-order valence-electron chi connectivity index (χ4n) is 5.22. The van der Waals surface area contributed by atoms with Crippen LogP contribution in [0.2, 0.25) is 0 Å².